The topological polar surface area (TPSA) is 43.1 Å². The smallest absolute Gasteiger partial charge is 0.161 e. The van der Waals surface area contributed by atoms with Crippen LogP contribution in [0.2, 0.25) is 0 Å². The molecule has 1 aromatic carbocycles. The number of hydrogen-bond donors (Lipinski definition) is 1. The molecule has 0 unspecified atom stereocenters. The Morgan fingerprint density at radius 2 is 1.83 bits per heavy atom. The van der Waals surface area contributed by atoms with Gasteiger partial charge in [-0.3, -0.25) is 4.79 Å². The number of ketones is 1. The predicted molar refractivity (Wildman–Crippen MR) is 56.3 cm³/mol. The molecule has 0 fully saturated rings. The minimum atomic E-state index is -0.0271. The van der Waals surface area contributed by atoms with Gasteiger partial charge in [-0.15, -0.1) is 0 Å². The molecular formula is C8H7Br2NO. The number of carbonyl (C=O) groups is 1. The van der Waals surface area contributed by atoms with Gasteiger partial charge in [-0.25, -0.2) is 0 Å². The van der Waals surface area contributed by atoms with E-state index in [0.717, 1.165) is 8.95 Å². The van der Waals surface area contributed by atoms with E-state index in [1.54, 1.807) is 12.1 Å². The lowest BCUT2D eigenvalue weighted by Gasteiger charge is -2.03. The third kappa shape index (κ3) is 1.87. The third-order valence-electron chi connectivity index (χ3n) is 1.47. The van der Waals surface area contributed by atoms with Crippen LogP contribution in [0.5, 0.6) is 0 Å². The predicted octanol–water partition coefficient (Wildman–Crippen LogP) is 3.00. The van der Waals surface area contributed by atoms with Crippen LogP contribution in [-0.2, 0) is 0 Å². The summed E-state index contributed by atoms with van der Waals surface area (Å²) < 4.78 is 1.69. The molecular weight excluding hydrogens is 286 g/mol. The maximum absolute atomic E-state index is 11.0. The van der Waals surface area contributed by atoms with Crippen LogP contribution in [-0.4, -0.2) is 5.78 Å². The van der Waals surface area contributed by atoms with Crippen LogP contribution in [0, 0.1) is 0 Å². The fraction of sp³-hybridized carbons (Fsp3) is 0.125. The quantitative estimate of drug-likeness (QED) is 0.639. The van der Waals surface area contributed by atoms with Crippen molar-refractivity contribution in [3.63, 3.8) is 0 Å². The maximum Gasteiger partial charge on any atom is 0.161 e. The van der Waals surface area contributed by atoms with Crippen molar-refractivity contribution >= 4 is 43.3 Å². The second-order valence-electron chi connectivity index (χ2n) is 2.41. The zero-order chi connectivity index (χ0) is 9.30. The molecule has 0 aliphatic rings. The Hall–Kier alpha value is -0.350. The van der Waals surface area contributed by atoms with Crippen LogP contribution >= 0.6 is 31.9 Å². The van der Waals surface area contributed by atoms with Crippen LogP contribution in [0.4, 0.5) is 5.69 Å². The van der Waals surface area contributed by atoms with Gasteiger partial charge in [0.15, 0.2) is 5.78 Å². The normalized spacial score (nSPS) is 9.92. The van der Waals surface area contributed by atoms with Gasteiger partial charge in [0.05, 0.1) is 0 Å². The molecule has 12 heavy (non-hydrogen) atoms. The number of nitrogen functional groups attached to an aromatic ring is 1. The molecule has 0 saturated heterocycles. The van der Waals surface area contributed by atoms with E-state index in [2.05, 4.69) is 31.9 Å². The van der Waals surface area contributed by atoms with E-state index in [1.165, 1.54) is 6.92 Å². The molecule has 0 saturated carbocycles. The lowest BCUT2D eigenvalue weighted by atomic mass is 10.1. The van der Waals surface area contributed by atoms with Crippen LogP contribution < -0.4 is 5.73 Å². The fourth-order valence-corrected chi connectivity index (χ4v) is 1.57. The van der Waals surface area contributed by atoms with Gasteiger partial charge in [0, 0.05) is 20.2 Å². The maximum atomic E-state index is 11.0. The van der Waals surface area contributed by atoms with Crippen molar-refractivity contribution in [2.45, 2.75) is 6.92 Å². The Morgan fingerprint density at radius 3 is 2.33 bits per heavy atom. The van der Waals surface area contributed by atoms with Gasteiger partial charge in [0.2, 0.25) is 0 Å². The summed E-state index contributed by atoms with van der Waals surface area (Å²) in [6, 6.07) is 3.42. The van der Waals surface area contributed by atoms with Crippen LogP contribution in [0.1, 0.15) is 17.3 Å². The van der Waals surface area contributed by atoms with E-state index < -0.39 is 0 Å². The van der Waals surface area contributed by atoms with E-state index in [-0.39, 0.29) is 5.78 Å². The van der Waals surface area contributed by atoms with Gasteiger partial charge >= 0.3 is 0 Å². The SMILES string of the molecule is CC(=O)c1cc(Br)c(Br)cc1N. The first-order valence-corrected chi connectivity index (χ1v) is 4.86. The molecule has 0 atom stereocenters. The van der Waals surface area contributed by atoms with Gasteiger partial charge in [-0.1, -0.05) is 0 Å². The zero-order valence-electron chi connectivity index (χ0n) is 6.40. The Bertz CT molecular complexity index is 336. The van der Waals surface area contributed by atoms with Crippen molar-refractivity contribution in [1.29, 1.82) is 0 Å². The molecule has 0 bridgehead atoms. The standard InChI is InChI=1S/C8H7Br2NO/c1-4(12)5-2-6(9)7(10)3-8(5)11/h2-3H,11H2,1H3. The van der Waals surface area contributed by atoms with Crippen molar-refractivity contribution in [2.75, 3.05) is 5.73 Å². The summed E-state index contributed by atoms with van der Waals surface area (Å²) in [6.07, 6.45) is 0. The number of hydrogen-bond acceptors (Lipinski definition) is 2. The summed E-state index contributed by atoms with van der Waals surface area (Å²) in [7, 11) is 0. The van der Waals surface area contributed by atoms with Crippen molar-refractivity contribution < 1.29 is 4.79 Å². The van der Waals surface area contributed by atoms with E-state index in [9.17, 15) is 4.79 Å². The van der Waals surface area contributed by atoms with E-state index in [4.69, 9.17) is 5.73 Å². The number of Topliss-reactive ketones (excluding diaryl/α,β-unsaturated/α-hetero) is 1. The van der Waals surface area contributed by atoms with Gasteiger partial charge in [-0.05, 0) is 50.9 Å². The Morgan fingerprint density at radius 1 is 1.33 bits per heavy atom. The molecule has 0 heterocycles. The Kier molecular flexibility index (Phi) is 2.90. The molecule has 0 aliphatic heterocycles. The highest BCUT2D eigenvalue weighted by atomic mass is 79.9. The molecule has 0 spiro atoms. The van der Waals surface area contributed by atoms with E-state index >= 15 is 0 Å². The summed E-state index contributed by atoms with van der Waals surface area (Å²) in [6.45, 7) is 1.49. The number of carbonyl (C=O) groups excluding carboxylic acids is 1. The second-order valence-corrected chi connectivity index (χ2v) is 4.12. The average Bonchev–Trinajstić information content (AvgIpc) is 1.96. The highest BCUT2D eigenvalue weighted by Gasteiger charge is 2.07. The number of halogens is 2. The molecule has 4 heteroatoms. The van der Waals surface area contributed by atoms with Crippen molar-refractivity contribution in [3.8, 4) is 0 Å². The number of benzene rings is 1. The first-order valence-electron chi connectivity index (χ1n) is 3.28. The van der Waals surface area contributed by atoms with Crippen LogP contribution in [0.3, 0.4) is 0 Å². The second kappa shape index (κ2) is 3.58. The monoisotopic (exact) mass is 291 g/mol. The molecule has 64 valence electrons. The summed E-state index contributed by atoms with van der Waals surface area (Å²) >= 11 is 6.58. The molecule has 2 N–H and O–H groups in total. The van der Waals surface area contributed by atoms with E-state index in [1.807, 2.05) is 0 Å². The lowest BCUT2D eigenvalue weighted by molar-refractivity contribution is 0.101. The van der Waals surface area contributed by atoms with Crippen molar-refractivity contribution in [3.05, 3.63) is 26.6 Å². The van der Waals surface area contributed by atoms with Crippen molar-refractivity contribution in [1.82, 2.24) is 0 Å². The van der Waals surface area contributed by atoms with Crippen LogP contribution in [0.15, 0.2) is 21.1 Å². The largest absolute Gasteiger partial charge is 0.398 e. The summed E-state index contributed by atoms with van der Waals surface area (Å²) in [5.74, 6) is -0.0271. The molecule has 1 rings (SSSR count). The summed E-state index contributed by atoms with van der Waals surface area (Å²) in [5.41, 5.74) is 6.66. The van der Waals surface area contributed by atoms with Gasteiger partial charge in [-0.2, -0.15) is 0 Å². The summed E-state index contributed by atoms with van der Waals surface area (Å²) in [4.78, 5) is 11.0. The minimum absolute atomic E-state index is 0.0271. The number of anilines is 1. The highest BCUT2D eigenvalue weighted by molar-refractivity contribution is 9.13. The summed E-state index contributed by atoms with van der Waals surface area (Å²) in [5, 5.41) is 0. The lowest BCUT2D eigenvalue weighted by Crippen LogP contribution is -1.99. The minimum Gasteiger partial charge on any atom is -0.398 e. The van der Waals surface area contributed by atoms with Crippen LogP contribution in [0.25, 0.3) is 0 Å². The first-order chi connectivity index (χ1) is 5.52. The number of rotatable bonds is 1. The fourth-order valence-electron chi connectivity index (χ4n) is 0.867. The molecule has 0 radical (unpaired) electrons. The zero-order valence-corrected chi connectivity index (χ0v) is 9.57. The van der Waals surface area contributed by atoms with Gasteiger partial charge in [0.25, 0.3) is 0 Å². The average molecular weight is 293 g/mol. The van der Waals surface area contributed by atoms with E-state index in [0.29, 0.717) is 11.3 Å². The van der Waals surface area contributed by atoms with Crippen molar-refractivity contribution in [2.24, 2.45) is 0 Å². The highest BCUT2D eigenvalue weighted by Crippen LogP contribution is 2.28. The van der Waals surface area contributed by atoms with Gasteiger partial charge in [0.1, 0.15) is 0 Å². The molecule has 0 aromatic heterocycles. The number of nitrogens with two attached hydrogens (primary N) is 1. The Balaban J connectivity index is 3.33. The molecule has 0 amide bonds. The van der Waals surface area contributed by atoms with Gasteiger partial charge < -0.3 is 5.73 Å². The third-order valence-corrected chi connectivity index (χ3v) is 3.32. The first kappa shape index (κ1) is 9.74. The molecule has 0 aliphatic carbocycles. The molecule has 1 aromatic rings. The Labute approximate surface area is 87.4 Å². The molecule has 2 nitrogen and oxygen atoms in total.